The zero-order valence-corrected chi connectivity index (χ0v) is 21.6. The van der Waals surface area contributed by atoms with Crippen LogP contribution in [-0.2, 0) is 15.6 Å². The number of para-hydroxylation sites is 1. The number of thiocarbonyl (C=S) groups is 1. The molecule has 4 N–H and O–H groups in total. The summed E-state index contributed by atoms with van der Waals surface area (Å²) in [5, 5.41) is 21.1. The minimum atomic E-state index is -0.453. The normalized spacial score (nSPS) is 16.8. The van der Waals surface area contributed by atoms with Gasteiger partial charge in [-0.1, -0.05) is 59.7 Å². The van der Waals surface area contributed by atoms with Crippen LogP contribution in [0.5, 0.6) is 5.75 Å². The molecule has 33 heavy (non-hydrogen) atoms. The molecule has 5 nitrogen and oxygen atoms in total. The number of benzene rings is 2. The number of anilines is 1. The standard InChI is InChI=1S/C27H35N3O2S/c1-15-11-9-10-12-20(15)29-24(32)21-16(2)28-25(33)30-22(21)17-13-18(26(3,4)5)23(31)19(14-17)27(6,7)8/h9-14,22,31H,1-8H3,(H,29,32)(H2,28,30,33)/t22-/m0/s1. The minimum Gasteiger partial charge on any atom is -0.507 e. The van der Waals surface area contributed by atoms with Crippen LogP contribution < -0.4 is 16.0 Å². The quantitative estimate of drug-likeness (QED) is 0.436. The summed E-state index contributed by atoms with van der Waals surface area (Å²) in [6, 6.07) is 11.2. The number of allylic oxidation sites excluding steroid dienone is 1. The number of amides is 1. The van der Waals surface area contributed by atoms with Gasteiger partial charge in [-0.05, 0) is 77.3 Å². The van der Waals surface area contributed by atoms with Crippen molar-refractivity contribution in [1.29, 1.82) is 0 Å². The van der Waals surface area contributed by atoms with E-state index in [4.69, 9.17) is 12.2 Å². The van der Waals surface area contributed by atoms with Crippen molar-refractivity contribution >= 4 is 28.9 Å². The van der Waals surface area contributed by atoms with Crippen molar-refractivity contribution in [2.24, 2.45) is 0 Å². The van der Waals surface area contributed by atoms with E-state index in [0.717, 1.165) is 27.9 Å². The number of rotatable bonds is 3. The van der Waals surface area contributed by atoms with E-state index in [1.165, 1.54) is 0 Å². The van der Waals surface area contributed by atoms with E-state index in [1.54, 1.807) is 0 Å². The van der Waals surface area contributed by atoms with Crippen molar-refractivity contribution in [3.8, 4) is 5.75 Å². The van der Waals surface area contributed by atoms with Crippen LogP contribution in [0.15, 0.2) is 47.7 Å². The number of hydrogen-bond acceptors (Lipinski definition) is 3. The van der Waals surface area contributed by atoms with Crippen LogP contribution in [0.3, 0.4) is 0 Å². The molecule has 1 atom stereocenters. The molecule has 0 saturated heterocycles. The molecule has 3 rings (SSSR count). The van der Waals surface area contributed by atoms with Gasteiger partial charge in [-0.25, -0.2) is 0 Å². The van der Waals surface area contributed by atoms with Gasteiger partial charge in [0, 0.05) is 11.4 Å². The van der Waals surface area contributed by atoms with E-state index < -0.39 is 6.04 Å². The predicted octanol–water partition coefficient (Wildman–Crippen LogP) is 5.73. The second-order valence-corrected chi connectivity index (χ2v) is 11.2. The summed E-state index contributed by atoms with van der Waals surface area (Å²) in [4.78, 5) is 13.5. The monoisotopic (exact) mass is 465 g/mol. The molecular weight excluding hydrogens is 430 g/mol. The van der Waals surface area contributed by atoms with Crippen molar-refractivity contribution < 1.29 is 9.90 Å². The van der Waals surface area contributed by atoms with Gasteiger partial charge >= 0.3 is 0 Å². The summed E-state index contributed by atoms with van der Waals surface area (Å²) in [5.74, 6) is 0.110. The number of phenolic OH excluding ortho intramolecular Hbond substituents is 1. The summed E-state index contributed by atoms with van der Waals surface area (Å²) in [7, 11) is 0. The minimum absolute atomic E-state index is 0.197. The zero-order valence-electron chi connectivity index (χ0n) is 20.8. The van der Waals surface area contributed by atoms with Crippen LogP contribution in [0.1, 0.15) is 76.8 Å². The Labute approximate surface area is 202 Å². The Hall–Kier alpha value is -2.86. The van der Waals surface area contributed by atoms with Gasteiger partial charge in [0.2, 0.25) is 0 Å². The maximum Gasteiger partial charge on any atom is 0.255 e. The Morgan fingerprint density at radius 3 is 2.06 bits per heavy atom. The summed E-state index contributed by atoms with van der Waals surface area (Å²) >= 11 is 5.45. The molecule has 176 valence electrons. The third-order valence-electron chi connectivity index (χ3n) is 5.99. The number of nitrogens with one attached hydrogen (secondary N) is 3. The molecule has 6 heteroatoms. The molecule has 0 fully saturated rings. The fourth-order valence-corrected chi connectivity index (χ4v) is 4.39. The molecule has 0 radical (unpaired) electrons. The molecule has 0 aliphatic carbocycles. The van der Waals surface area contributed by atoms with Crippen LogP contribution in [0, 0.1) is 6.92 Å². The highest BCUT2D eigenvalue weighted by molar-refractivity contribution is 7.80. The predicted molar refractivity (Wildman–Crippen MR) is 140 cm³/mol. The lowest BCUT2D eigenvalue weighted by Crippen LogP contribution is -2.46. The number of aromatic hydroxyl groups is 1. The fourth-order valence-electron chi connectivity index (χ4n) is 4.11. The Morgan fingerprint density at radius 1 is 1.00 bits per heavy atom. The summed E-state index contributed by atoms with van der Waals surface area (Å²) in [6.07, 6.45) is 0. The van der Waals surface area contributed by atoms with E-state index in [1.807, 2.05) is 50.2 Å². The first kappa shape index (κ1) is 24.8. The lowest BCUT2D eigenvalue weighted by molar-refractivity contribution is -0.113. The van der Waals surface area contributed by atoms with Crippen LogP contribution in [-0.4, -0.2) is 16.1 Å². The number of aryl methyl sites for hydroxylation is 1. The molecule has 2 aromatic rings. The number of phenols is 1. The van der Waals surface area contributed by atoms with Crippen LogP contribution in [0.4, 0.5) is 5.69 Å². The smallest absolute Gasteiger partial charge is 0.255 e. The summed E-state index contributed by atoms with van der Waals surface area (Å²) in [5.41, 5.74) is 5.04. The average Bonchev–Trinajstić information content (AvgIpc) is 2.67. The Morgan fingerprint density at radius 2 is 1.55 bits per heavy atom. The first-order chi connectivity index (χ1) is 15.2. The van der Waals surface area contributed by atoms with Crippen LogP contribution in [0.2, 0.25) is 0 Å². The summed E-state index contributed by atoms with van der Waals surface area (Å²) in [6.45, 7) is 16.3. The number of hydrogen-bond donors (Lipinski definition) is 4. The lowest BCUT2D eigenvalue weighted by atomic mass is 9.77. The number of carbonyl (C=O) groups is 1. The molecule has 0 spiro atoms. The molecule has 0 saturated carbocycles. The molecule has 1 aliphatic rings. The van der Waals surface area contributed by atoms with Gasteiger partial charge in [-0.3, -0.25) is 4.79 Å². The topological polar surface area (TPSA) is 73.4 Å². The molecule has 1 heterocycles. The maximum atomic E-state index is 13.5. The SMILES string of the molecule is CC1=C(C(=O)Nc2ccccc2C)[C@H](c2cc(C(C)(C)C)c(O)c(C(C)(C)C)c2)NC(=S)N1. The third kappa shape index (κ3) is 5.22. The van der Waals surface area contributed by atoms with Gasteiger partial charge in [0.1, 0.15) is 5.75 Å². The van der Waals surface area contributed by atoms with E-state index in [9.17, 15) is 9.90 Å². The molecule has 1 aliphatic heterocycles. The Kier molecular flexibility index (Phi) is 6.62. The van der Waals surface area contributed by atoms with Gasteiger partial charge < -0.3 is 21.1 Å². The molecular formula is C27H35N3O2S. The van der Waals surface area contributed by atoms with Gasteiger partial charge in [0.25, 0.3) is 5.91 Å². The maximum absolute atomic E-state index is 13.5. The van der Waals surface area contributed by atoms with Gasteiger partial charge in [-0.15, -0.1) is 0 Å². The van der Waals surface area contributed by atoms with E-state index in [0.29, 0.717) is 22.1 Å². The van der Waals surface area contributed by atoms with Crippen molar-refractivity contribution in [3.63, 3.8) is 0 Å². The largest absolute Gasteiger partial charge is 0.507 e. The summed E-state index contributed by atoms with van der Waals surface area (Å²) < 4.78 is 0. The highest BCUT2D eigenvalue weighted by Gasteiger charge is 2.34. The van der Waals surface area contributed by atoms with Crippen molar-refractivity contribution in [1.82, 2.24) is 10.6 Å². The van der Waals surface area contributed by atoms with Gasteiger partial charge in [0.05, 0.1) is 11.6 Å². The van der Waals surface area contributed by atoms with Gasteiger partial charge in [-0.2, -0.15) is 0 Å². The second-order valence-electron chi connectivity index (χ2n) is 10.8. The van der Waals surface area contributed by atoms with E-state index >= 15 is 0 Å². The van der Waals surface area contributed by atoms with Crippen LogP contribution >= 0.6 is 12.2 Å². The highest BCUT2D eigenvalue weighted by atomic mass is 32.1. The van der Waals surface area contributed by atoms with Crippen LogP contribution in [0.25, 0.3) is 0 Å². The van der Waals surface area contributed by atoms with E-state index in [2.05, 4.69) is 57.5 Å². The Bertz CT molecular complexity index is 1100. The van der Waals surface area contributed by atoms with Gasteiger partial charge in [0.15, 0.2) is 5.11 Å². The average molecular weight is 466 g/mol. The molecule has 2 aromatic carbocycles. The lowest BCUT2D eigenvalue weighted by Gasteiger charge is -2.33. The van der Waals surface area contributed by atoms with Crippen molar-refractivity contribution in [2.45, 2.75) is 72.3 Å². The first-order valence-corrected chi connectivity index (χ1v) is 11.6. The zero-order chi connectivity index (χ0) is 24.7. The fraction of sp³-hybridized carbons (Fsp3) is 0.407. The molecule has 0 bridgehead atoms. The third-order valence-corrected chi connectivity index (χ3v) is 6.21. The van der Waals surface area contributed by atoms with E-state index in [-0.39, 0.29) is 16.7 Å². The molecule has 0 unspecified atom stereocenters. The Balaban J connectivity index is 2.16. The molecule has 0 aromatic heterocycles. The highest BCUT2D eigenvalue weighted by Crippen LogP contribution is 2.42. The van der Waals surface area contributed by atoms with Crippen molar-refractivity contribution in [2.75, 3.05) is 5.32 Å². The number of carbonyl (C=O) groups excluding carboxylic acids is 1. The molecule has 1 amide bonds. The first-order valence-electron chi connectivity index (χ1n) is 11.2. The van der Waals surface area contributed by atoms with Crippen molar-refractivity contribution in [3.05, 3.63) is 69.9 Å². The second kappa shape index (κ2) is 8.82.